The van der Waals surface area contributed by atoms with E-state index in [1.807, 2.05) is 19.2 Å². The second-order valence-corrected chi connectivity index (χ2v) is 3.91. The molecule has 3 N–H and O–H groups in total. The molecule has 0 aliphatic carbocycles. The van der Waals surface area contributed by atoms with Crippen LogP contribution in [0.15, 0.2) is 11.3 Å². The summed E-state index contributed by atoms with van der Waals surface area (Å²) < 4.78 is 4.53. The first kappa shape index (κ1) is 13.0. The summed E-state index contributed by atoms with van der Waals surface area (Å²) in [5.41, 5.74) is 2.08. The van der Waals surface area contributed by atoms with Crippen molar-refractivity contribution in [1.82, 2.24) is 0 Å². The first-order valence-electron chi connectivity index (χ1n) is 4.78. The van der Waals surface area contributed by atoms with Crippen molar-refractivity contribution in [1.29, 1.82) is 0 Å². The van der Waals surface area contributed by atoms with Crippen molar-refractivity contribution >= 4 is 6.16 Å². The van der Waals surface area contributed by atoms with E-state index in [-0.39, 0.29) is 6.61 Å². The summed E-state index contributed by atoms with van der Waals surface area (Å²) in [6, 6.07) is 0. The Labute approximate surface area is 85.0 Å². The maximum atomic E-state index is 10.2. The van der Waals surface area contributed by atoms with Gasteiger partial charge in [-0.05, 0) is 19.4 Å². The molecule has 0 spiro atoms. The van der Waals surface area contributed by atoms with E-state index in [1.54, 1.807) is 0 Å². The van der Waals surface area contributed by atoms with Crippen LogP contribution >= 0.6 is 0 Å². The maximum absolute atomic E-state index is 10.2. The van der Waals surface area contributed by atoms with Crippen LogP contribution < -0.4 is 5.32 Å². The molecule has 0 radical (unpaired) electrons. The molecule has 0 aromatic carbocycles. The molecule has 0 aromatic heterocycles. The molecule has 0 heterocycles. The van der Waals surface area contributed by atoms with Crippen molar-refractivity contribution in [2.24, 2.45) is 5.92 Å². The Bertz CT molecular complexity index is 217. The summed E-state index contributed by atoms with van der Waals surface area (Å²) >= 11 is 0. The van der Waals surface area contributed by atoms with Crippen LogP contribution in [0.25, 0.3) is 0 Å². The topological polar surface area (TPSA) is 63.1 Å². The maximum Gasteiger partial charge on any atom is 0.506 e. The highest BCUT2D eigenvalue weighted by molar-refractivity contribution is 5.56. The van der Waals surface area contributed by atoms with Gasteiger partial charge in [0, 0.05) is 5.92 Å². The number of rotatable bonds is 5. The Morgan fingerprint density at radius 2 is 2.00 bits per heavy atom. The third kappa shape index (κ3) is 6.48. The Morgan fingerprint density at radius 3 is 2.36 bits per heavy atom. The van der Waals surface area contributed by atoms with Gasteiger partial charge in [0.05, 0.1) is 6.54 Å². The third-order valence-electron chi connectivity index (χ3n) is 1.83. The summed E-state index contributed by atoms with van der Waals surface area (Å²) in [6.07, 6.45) is -1.22. The van der Waals surface area contributed by atoms with E-state index in [2.05, 4.69) is 18.6 Å². The molecule has 0 aromatic rings. The van der Waals surface area contributed by atoms with Gasteiger partial charge in [0.25, 0.3) is 0 Å². The van der Waals surface area contributed by atoms with E-state index in [0.717, 1.165) is 17.8 Å². The molecular weight excluding hydrogens is 182 g/mol. The Morgan fingerprint density at radius 1 is 1.43 bits per heavy atom. The zero-order chi connectivity index (χ0) is 11.1. The highest BCUT2D eigenvalue weighted by Crippen LogP contribution is 1.96. The minimum absolute atomic E-state index is 0.157. The zero-order valence-electron chi connectivity index (χ0n) is 9.33. The van der Waals surface area contributed by atoms with E-state index in [1.165, 1.54) is 0 Å². The Balaban J connectivity index is 4.06. The van der Waals surface area contributed by atoms with Crippen molar-refractivity contribution < 1.29 is 20.0 Å². The van der Waals surface area contributed by atoms with E-state index in [0.29, 0.717) is 5.92 Å². The van der Waals surface area contributed by atoms with Crippen LogP contribution in [0, 0.1) is 5.92 Å². The normalized spacial score (nSPS) is 10.1. The summed E-state index contributed by atoms with van der Waals surface area (Å²) in [5.74, 6) is 0.578. The molecule has 0 saturated heterocycles. The van der Waals surface area contributed by atoms with Gasteiger partial charge < -0.3 is 15.2 Å². The van der Waals surface area contributed by atoms with Gasteiger partial charge in [-0.15, -0.1) is 0 Å². The smallest absolute Gasteiger partial charge is 0.450 e. The number of ether oxygens (including phenoxy) is 1. The van der Waals surface area contributed by atoms with Gasteiger partial charge in [-0.1, -0.05) is 13.8 Å². The standard InChI is InChI=1S/C10H19NO3/c1-7(2)5-11-9(8(3)4)6-14-10(12)13/h7,11H,5-6H2,1-4H3,(H,12,13)/p+1. The van der Waals surface area contributed by atoms with Crippen LogP contribution in [0.1, 0.15) is 27.7 Å². The molecular formula is C10H20NO3+. The lowest BCUT2D eigenvalue weighted by Crippen LogP contribution is -2.84. The second-order valence-electron chi connectivity index (χ2n) is 3.91. The highest BCUT2D eigenvalue weighted by atomic mass is 16.7. The van der Waals surface area contributed by atoms with Crippen molar-refractivity contribution in [2.75, 3.05) is 13.2 Å². The molecule has 0 rings (SSSR count). The summed E-state index contributed by atoms with van der Waals surface area (Å²) in [4.78, 5) is 10.2. The van der Waals surface area contributed by atoms with Crippen LogP contribution in [-0.2, 0) is 4.74 Å². The summed E-state index contributed by atoms with van der Waals surface area (Å²) in [5, 5.41) is 10.4. The molecule has 14 heavy (non-hydrogen) atoms. The molecule has 0 atom stereocenters. The number of quaternary nitrogens is 1. The van der Waals surface area contributed by atoms with Gasteiger partial charge in [0.2, 0.25) is 0 Å². The molecule has 82 valence electrons. The predicted molar refractivity (Wildman–Crippen MR) is 54.0 cm³/mol. The molecule has 0 saturated carbocycles. The highest BCUT2D eigenvalue weighted by Gasteiger charge is 2.08. The van der Waals surface area contributed by atoms with Crippen LogP contribution in [-0.4, -0.2) is 24.4 Å². The molecule has 0 unspecified atom stereocenters. The summed E-state index contributed by atoms with van der Waals surface area (Å²) in [6.45, 7) is 9.26. The van der Waals surface area contributed by atoms with Crippen molar-refractivity contribution in [3.05, 3.63) is 11.3 Å². The van der Waals surface area contributed by atoms with Crippen LogP contribution in [0.3, 0.4) is 0 Å². The lowest BCUT2D eigenvalue weighted by atomic mass is 10.2. The van der Waals surface area contributed by atoms with Crippen LogP contribution in [0.4, 0.5) is 4.79 Å². The van der Waals surface area contributed by atoms with Crippen LogP contribution in [0.2, 0.25) is 0 Å². The molecule has 0 amide bonds. The second kappa shape index (κ2) is 6.43. The lowest BCUT2D eigenvalue weighted by Gasteiger charge is -2.09. The van der Waals surface area contributed by atoms with Crippen molar-refractivity contribution in [3.63, 3.8) is 0 Å². The van der Waals surface area contributed by atoms with Gasteiger partial charge in [0.1, 0.15) is 5.70 Å². The Hall–Kier alpha value is -1.03. The molecule has 0 fully saturated rings. The van der Waals surface area contributed by atoms with Gasteiger partial charge >= 0.3 is 6.16 Å². The van der Waals surface area contributed by atoms with Gasteiger partial charge in [-0.25, -0.2) is 4.79 Å². The first-order valence-corrected chi connectivity index (χ1v) is 4.78. The molecule has 4 heteroatoms. The first-order chi connectivity index (χ1) is 6.43. The van der Waals surface area contributed by atoms with Crippen LogP contribution in [0.5, 0.6) is 0 Å². The van der Waals surface area contributed by atoms with E-state index >= 15 is 0 Å². The molecule has 0 aliphatic rings. The number of hydrogen-bond donors (Lipinski definition) is 2. The number of carbonyl (C=O) groups is 1. The zero-order valence-corrected chi connectivity index (χ0v) is 9.33. The molecule has 4 nitrogen and oxygen atoms in total. The van der Waals surface area contributed by atoms with Gasteiger partial charge in [0.15, 0.2) is 6.61 Å². The number of allylic oxidation sites excluding steroid dienone is 1. The monoisotopic (exact) mass is 202 g/mol. The lowest BCUT2D eigenvalue weighted by molar-refractivity contribution is -0.615. The van der Waals surface area contributed by atoms with Gasteiger partial charge in [-0.2, -0.15) is 0 Å². The van der Waals surface area contributed by atoms with Crippen molar-refractivity contribution in [3.8, 4) is 0 Å². The molecule has 0 aliphatic heterocycles. The predicted octanol–water partition coefficient (Wildman–Crippen LogP) is 1.19. The number of carboxylic acid groups (broad SMARTS) is 1. The number of nitrogens with two attached hydrogens (primary N) is 1. The SMILES string of the molecule is CC(C)=C(COC(=O)O)[NH2+]CC(C)C. The van der Waals surface area contributed by atoms with E-state index < -0.39 is 6.16 Å². The average molecular weight is 202 g/mol. The number of hydrogen-bond acceptors (Lipinski definition) is 2. The minimum Gasteiger partial charge on any atom is -0.450 e. The Kier molecular flexibility index (Phi) is 5.95. The fraction of sp³-hybridized carbons (Fsp3) is 0.700. The third-order valence-corrected chi connectivity index (χ3v) is 1.83. The largest absolute Gasteiger partial charge is 0.506 e. The fourth-order valence-electron chi connectivity index (χ4n) is 0.925. The van der Waals surface area contributed by atoms with E-state index in [9.17, 15) is 4.79 Å². The van der Waals surface area contributed by atoms with E-state index in [4.69, 9.17) is 5.11 Å². The fourth-order valence-corrected chi connectivity index (χ4v) is 0.925. The quantitative estimate of drug-likeness (QED) is 0.658. The molecule has 0 bridgehead atoms. The summed E-state index contributed by atoms with van der Waals surface area (Å²) in [7, 11) is 0. The van der Waals surface area contributed by atoms with Crippen molar-refractivity contribution in [2.45, 2.75) is 27.7 Å². The van der Waals surface area contributed by atoms with Gasteiger partial charge in [-0.3, -0.25) is 0 Å². The average Bonchev–Trinajstić information content (AvgIpc) is 2.02. The minimum atomic E-state index is -1.22.